The first-order valence-electron chi connectivity index (χ1n) is 7.09. The Bertz CT molecular complexity index is 344. The van der Waals surface area contributed by atoms with E-state index in [1.807, 2.05) is 6.92 Å². The lowest BCUT2D eigenvalue weighted by atomic mass is 10.0. The molecule has 1 saturated heterocycles. The van der Waals surface area contributed by atoms with E-state index in [0.29, 0.717) is 6.04 Å². The zero-order valence-corrected chi connectivity index (χ0v) is 12.3. The van der Waals surface area contributed by atoms with Crippen LogP contribution in [0.4, 0.5) is 0 Å². The Morgan fingerprint density at radius 1 is 1.44 bits per heavy atom. The van der Waals surface area contributed by atoms with Gasteiger partial charge in [0.25, 0.3) is 0 Å². The molecule has 2 heterocycles. The summed E-state index contributed by atoms with van der Waals surface area (Å²) in [6.07, 6.45) is 7.33. The van der Waals surface area contributed by atoms with Crippen LogP contribution in [0, 0.1) is 6.92 Å². The molecule has 0 bridgehead atoms. The van der Waals surface area contributed by atoms with Crippen molar-refractivity contribution in [3.8, 4) is 0 Å². The fourth-order valence-corrected chi connectivity index (χ4v) is 3.91. The van der Waals surface area contributed by atoms with Gasteiger partial charge < -0.3 is 5.32 Å². The quantitative estimate of drug-likeness (QED) is 0.877. The summed E-state index contributed by atoms with van der Waals surface area (Å²) in [5.74, 6) is 1.31. The van der Waals surface area contributed by atoms with E-state index in [2.05, 4.69) is 47.3 Å². The normalized spacial score (nSPS) is 21.8. The molecule has 1 N–H and O–H groups in total. The summed E-state index contributed by atoms with van der Waals surface area (Å²) in [6, 6.07) is 4.84. The molecule has 1 aliphatic rings. The summed E-state index contributed by atoms with van der Waals surface area (Å²) in [7, 11) is 0. The fourth-order valence-electron chi connectivity index (χ4n) is 2.46. The first-order chi connectivity index (χ1) is 8.81. The highest BCUT2D eigenvalue weighted by Crippen LogP contribution is 2.34. The molecule has 18 heavy (non-hydrogen) atoms. The van der Waals surface area contributed by atoms with Crippen molar-refractivity contribution in [2.24, 2.45) is 0 Å². The Hall–Kier alpha value is -0.540. The first-order valence-corrected chi connectivity index (χ1v) is 8.13. The molecule has 2 nitrogen and oxygen atoms in total. The van der Waals surface area contributed by atoms with Crippen molar-refractivity contribution in [2.45, 2.75) is 50.8 Å². The van der Waals surface area contributed by atoms with Gasteiger partial charge >= 0.3 is 0 Å². The molecule has 0 radical (unpaired) electrons. The van der Waals surface area contributed by atoms with Crippen LogP contribution in [0.3, 0.4) is 0 Å². The second-order valence-corrected chi connectivity index (χ2v) is 6.42. The number of pyridine rings is 1. The van der Waals surface area contributed by atoms with E-state index < -0.39 is 0 Å². The largest absolute Gasteiger partial charge is 0.309 e. The Morgan fingerprint density at radius 3 is 2.94 bits per heavy atom. The Morgan fingerprint density at radius 2 is 2.33 bits per heavy atom. The molecule has 1 aromatic heterocycles. The van der Waals surface area contributed by atoms with Gasteiger partial charge in [-0.05, 0) is 50.1 Å². The zero-order chi connectivity index (χ0) is 12.8. The molecule has 2 unspecified atom stereocenters. The number of rotatable bonds is 5. The molecule has 100 valence electrons. The Balaban J connectivity index is 2.10. The highest BCUT2D eigenvalue weighted by molar-refractivity contribution is 8.00. The lowest BCUT2D eigenvalue weighted by Gasteiger charge is -2.30. The van der Waals surface area contributed by atoms with Crippen molar-refractivity contribution in [1.29, 1.82) is 0 Å². The maximum absolute atomic E-state index is 4.45. The standard InChI is InChI=1S/C15H24N2S/c1-3-9-16-15(14-6-4-5-10-18-14)13-8-7-12(2)17-11-13/h7-8,11,14-16H,3-6,9-10H2,1-2H3. The van der Waals surface area contributed by atoms with Gasteiger partial charge in [0.15, 0.2) is 0 Å². The minimum atomic E-state index is 0.475. The molecule has 1 aromatic rings. The molecular formula is C15H24N2S. The van der Waals surface area contributed by atoms with Gasteiger partial charge in [-0.1, -0.05) is 19.4 Å². The molecule has 0 aromatic carbocycles. The van der Waals surface area contributed by atoms with Crippen LogP contribution in [0.5, 0.6) is 0 Å². The van der Waals surface area contributed by atoms with Gasteiger partial charge in [-0.25, -0.2) is 0 Å². The Labute approximate surface area is 115 Å². The number of hydrogen-bond donors (Lipinski definition) is 1. The van der Waals surface area contributed by atoms with Gasteiger partial charge in [0.1, 0.15) is 0 Å². The molecule has 0 amide bonds. The van der Waals surface area contributed by atoms with Gasteiger partial charge in [0, 0.05) is 23.2 Å². The van der Waals surface area contributed by atoms with E-state index in [1.54, 1.807) is 0 Å². The molecule has 2 rings (SSSR count). The highest BCUT2D eigenvalue weighted by atomic mass is 32.2. The van der Waals surface area contributed by atoms with Crippen molar-refractivity contribution < 1.29 is 0 Å². The summed E-state index contributed by atoms with van der Waals surface area (Å²) in [5.41, 5.74) is 2.46. The van der Waals surface area contributed by atoms with Gasteiger partial charge in [0.2, 0.25) is 0 Å². The molecule has 2 atom stereocenters. The predicted octanol–water partition coefficient (Wildman–Crippen LogP) is 3.72. The second kappa shape index (κ2) is 7.15. The van der Waals surface area contributed by atoms with Crippen molar-refractivity contribution in [2.75, 3.05) is 12.3 Å². The van der Waals surface area contributed by atoms with Gasteiger partial charge in [-0.15, -0.1) is 0 Å². The highest BCUT2D eigenvalue weighted by Gasteiger charge is 2.25. The molecule has 0 aliphatic carbocycles. The zero-order valence-electron chi connectivity index (χ0n) is 11.5. The van der Waals surface area contributed by atoms with Crippen LogP contribution < -0.4 is 5.32 Å². The number of thioether (sulfide) groups is 1. The second-order valence-electron chi connectivity index (χ2n) is 5.07. The summed E-state index contributed by atoms with van der Waals surface area (Å²) in [6.45, 7) is 5.37. The van der Waals surface area contributed by atoms with Crippen molar-refractivity contribution >= 4 is 11.8 Å². The third kappa shape index (κ3) is 3.72. The van der Waals surface area contributed by atoms with Crippen LogP contribution in [0.25, 0.3) is 0 Å². The number of nitrogens with zero attached hydrogens (tertiary/aromatic N) is 1. The average molecular weight is 264 g/mol. The van der Waals surface area contributed by atoms with Crippen LogP contribution in [-0.2, 0) is 0 Å². The molecule has 3 heteroatoms. The molecule has 1 fully saturated rings. The maximum atomic E-state index is 4.45. The minimum Gasteiger partial charge on any atom is -0.309 e. The van der Waals surface area contributed by atoms with E-state index >= 15 is 0 Å². The van der Waals surface area contributed by atoms with Crippen molar-refractivity contribution in [1.82, 2.24) is 10.3 Å². The SMILES string of the molecule is CCCNC(c1ccc(C)nc1)C1CCCCS1. The van der Waals surface area contributed by atoms with Crippen LogP contribution in [-0.4, -0.2) is 22.5 Å². The van der Waals surface area contributed by atoms with Gasteiger partial charge in [-0.2, -0.15) is 11.8 Å². The number of aromatic nitrogens is 1. The lowest BCUT2D eigenvalue weighted by Crippen LogP contribution is -2.32. The van der Waals surface area contributed by atoms with Crippen LogP contribution in [0.2, 0.25) is 0 Å². The topological polar surface area (TPSA) is 24.9 Å². The van der Waals surface area contributed by atoms with Gasteiger partial charge in [-0.3, -0.25) is 4.98 Å². The first kappa shape index (κ1) is 13.9. The molecule has 0 saturated carbocycles. The predicted molar refractivity (Wildman–Crippen MR) is 80.1 cm³/mol. The monoisotopic (exact) mass is 264 g/mol. The maximum Gasteiger partial charge on any atom is 0.0455 e. The Kier molecular flexibility index (Phi) is 5.51. The number of aryl methyl sites for hydroxylation is 1. The molecule has 0 spiro atoms. The van der Waals surface area contributed by atoms with Crippen LogP contribution >= 0.6 is 11.8 Å². The summed E-state index contributed by atoms with van der Waals surface area (Å²) in [4.78, 5) is 4.45. The summed E-state index contributed by atoms with van der Waals surface area (Å²) >= 11 is 2.13. The van der Waals surface area contributed by atoms with Gasteiger partial charge in [0.05, 0.1) is 0 Å². The van der Waals surface area contributed by atoms with E-state index in [1.165, 1.54) is 37.0 Å². The number of nitrogens with one attached hydrogen (secondary N) is 1. The molecular weight excluding hydrogens is 240 g/mol. The smallest absolute Gasteiger partial charge is 0.0455 e. The third-order valence-electron chi connectivity index (χ3n) is 3.49. The van der Waals surface area contributed by atoms with Crippen LogP contribution in [0.1, 0.15) is 49.9 Å². The summed E-state index contributed by atoms with van der Waals surface area (Å²) < 4.78 is 0. The van der Waals surface area contributed by atoms with Crippen molar-refractivity contribution in [3.05, 3.63) is 29.6 Å². The van der Waals surface area contributed by atoms with Crippen LogP contribution in [0.15, 0.2) is 18.3 Å². The third-order valence-corrected chi connectivity index (χ3v) is 4.95. The van der Waals surface area contributed by atoms with E-state index in [-0.39, 0.29) is 0 Å². The molecule has 1 aliphatic heterocycles. The number of hydrogen-bond acceptors (Lipinski definition) is 3. The summed E-state index contributed by atoms with van der Waals surface area (Å²) in [5, 5.41) is 4.43. The van der Waals surface area contributed by atoms with E-state index in [0.717, 1.165) is 17.5 Å². The minimum absolute atomic E-state index is 0.475. The van der Waals surface area contributed by atoms with E-state index in [4.69, 9.17) is 0 Å². The average Bonchev–Trinajstić information content (AvgIpc) is 2.42. The fraction of sp³-hybridized carbons (Fsp3) is 0.667. The van der Waals surface area contributed by atoms with E-state index in [9.17, 15) is 0 Å². The van der Waals surface area contributed by atoms with Crippen molar-refractivity contribution in [3.63, 3.8) is 0 Å². The lowest BCUT2D eigenvalue weighted by molar-refractivity contribution is 0.478.